The van der Waals surface area contributed by atoms with Gasteiger partial charge in [0.15, 0.2) is 0 Å². The number of nitrogens with one attached hydrogen (secondary N) is 2. The lowest BCUT2D eigenvalue weighted by Gasteiger charge is -2.12. The molecule has 0 unspecified atom stereocenters. The van der Waals surface area contributed by atoms with Crippen LogP contribution in [-0.4, -0.2) is 30.4 Å². The third kappa shape index (κ3) is 3.77. The molecule has 1 aromatic carbocycles. The van der Waals surface area contributed by atoms with Gasteiger partial charge in [0.25, 0.3) is 0 Å². The second-order valence-electron chi connectivity index (χ2n) is 4.77. The third-order valence-corrected chi connectivity index (χ3v) is 3.45. The predicted molar refractivity (Wildman–Crippen MR) is 78.6 cm³/mol. The molecule has 0 saturated heterocycles. The van der Waals surface area contributed by atoms with Gasteiger partial charge in [-0.3, -0.25) is 0 Å². The Morgan fingerprint density at radius 3 is 3.10 bits per heavy atom. The molecule has 0 bridgehead atoms. The van der Waals surface area contributed by atoms with Crippen LogP contribution in [0.3, 0.4) is 0 Å². The number of benzene rings is 1. The molecule has 1 aliphatic rings. The van der Waals surface area contributed by atoms with Crippen molar-refractivity contribution in [3.05, 3.63) is 22.7 Å². The zero-order valence-electron chi connectivity index (χ0n) is 11.4. The van der Waals surface area contributed by atoms with Gasteiger partial charge in [0.05, 0.1) is 18.4 Å². The molecule has 1 heterocycles. The summed E-state index contributed by atoms with van der Waals surface area (Å²) in [6.45, 7) is 2.93. The van der Waals surface area contributed by atoms with Gasteiger partial charge in [-0.1, -0.05) is 18.5 Å². The molecule has 5 nitrogen and oxygen atoms in total. The van der Waals surface area contributed by atoms with Crippen molar-refractivity contribution in [1.29, 1.82) is 0 Å². The standard InChI is InChI=1S/C14H19ClN2O3/c1-2-11(18)3-5-16-14(19)17-12-8-10(15)7-9-4-6-20-13(9)12/h7-8,11,18H,2-6H2,1H3,(H2,16,17,19)/t11-/m1/s1. The number of carbonyl (C=O) groups is 1. The largest absolute Gasteiger partial charge is 0.491 e. The highest BCUT2D eigenvalue weighted by atomic mass is 35.5. The fourth-order valence-corrected chi connectivity index (χ4v) is 2.33. The van der Waals surface area contributed by atoms with Crippen LogP contribution >= 0.6 is 11.6 Å². The van der Waals surface area contributed by atoms with Crippen LogP contribution in [0.15, 0.2) is 12.1 Å². The summed E-state index contributed by atoms with van der Waals surface area (Å²) in [5.74, 6) is 0.693. The summed E-state index contributed by atoms with van der Waals surface area (Å²) >= 11 is 6.02. The van der Waals surface area contributed by atoms with Crippen LogP contribution < -0.4 is 15.4 Å². The number of halogens is 1. The predicted octanol–water partition coefficient (Wildman–Crippen LogP) is 2.56. The van der Waals surface area contributed by atoms with E-state index in [9.17, 15) is 9.90 Å². The Bertz CT molecular complexity index is 494. The van der Waals surface area contributed by atoms with Gasteiger partial charge >= 0.3 is 6.03 Å². The number of urea groups is 1. The maximum atomic E-state index is 11.8. The van der Waals surface area contributed by atoms with Gasteiger partial charge < -0.3 is 20.5 Å². The molecule has 1 aromatic rings. The van der Waals surface area contributed by atoms with E-state index in [2.05, 4.69) is 10.6 Å². The van der Waals surface area contributed by atoms with E-state index < -0.39 is 0 Å². The third-order valence-electron chi connectivity index (χ3n) is 3.23. The van der Waals surface area contributed by atoms with Crippen LogP contribution in [-0.2, 0) is 6.42 Å². The maximum Gasteiger partial charge on any atom is 0.319 e. The minimum Gasteiger partial charge on any atom is -0.491 e. The second-order valence-corrected chi connectivity index (χ2v) is 5.21. The number of fused-ring (bicyclic) bond motifs is 1. The summed E-state index contributed by atoms with van der Waals surface area (Å²) in [6.07, 6.45) is 1.64. The van der Waals surface area contributed by atoms with Crippen LogP contribution in [0.5, 0.6) is 5.75 Å². The van der Waals surface area contributed by atoms with Crippen molar-refractivity contribution in [2.75, 3.05) is 18.5 Å². The number of aliphatic hydroxyl groups excluding tert-OH is 1. The first-order valence-corrected chi connectivity index (χ1v) is 7.16. The van der Waals surface area contributed by atoms with E-state index in [4.69, 9.17) is 16.3 Å². The van der Waals surface area contributed by atoms with Crippen molar-refractivity contribution in [1.82, 2.24) is 5.32 Å². The average Bonchev–Trinajstić information content (AvgIpc) is 2.86. The Morgan fingerprint density at radius 1 is 1.55 bits per heavy atom. The van der Waals surface area contributed by atoms with Crippen molar-refractivity contribution in [2.45, 2.75) is 32.3 Å². The van der Waals surface area contributed by atoms with Crippen LogP contribution in [0.25, 0.3) is 0 Å². The monoisotopic (exact) mass is 298 g/mol. The SMILES string of the molecule is CC[C@@H](O)CCNC(=O)Nc1cc(Cl)cc2c1OCC2. The summed E-state index contributed by atoms with van der Waals surface area (Å²) in [6, 6.07) is 3.20. The summed E-state index contributed by atoms with van der Waals surface area (Å²) in [5, 5.41) is 15.4. The van der Waals surface area contributed by atoms with Crippen LogP contribution in [0, 0.1) is 0 Å². The normalized spacial score (nSPS) is 14.3. The van der Waals surface area contributed by atoms with Crippen molar-refractivity contribution < 1.29 is 14.6 Å². The highest BCUT2D eigenvalue weighted by Gasteiger charge is 2.18. The number of hydrogen-bond acceptors (Lipinski definition) is 3. The van der Waals surface area contributed by atoms with Gasteiger partial charge in [-0.2, -0.15) is 0 Å². The minimum absolute atomic E-state index is 0.326. The molecule has 1 aliphatic heterocycles. The first kappa shape index (κ1) is 14.9. The fourth-order valence-electron chi connectivity index (χ4n) is 2.09. The minimum atomic E-state index is -0.381. The van der Waals surface area contributed by atoms with Crippen LogP contribution in [0.2, 0.25) is 5.02 Å². The fraction of sp³-hybridized carbons (Fsp3) is 0.500. The zero-order chi connectivity index (χ0) is 14.5. The van der Waals surface area contributed by atoms with E-state index in [1.54, 1.807) is 6.07 Å². The number of hydrogen-bond donors (Lipinski definition) is 3. The molecule has 2 rings (SSSR count). The molecular weight excluding hydrogens is 280 g/mol. The van der Waals surface area contributed by atoms with Crippen molar-refractivity contribution in [3.8, 4) is 5.75 Å². The van der Waals surface area contributed by atoms with Gasteiger partial charge in [0.1, 0.15) is 5.75 Å². The Hall–Kier alpha value is -1.46. The van der Waals surface area contributed by atoms with Gasteiger partial charge in [-0.25, -0.2) is 4.79 Å². The molecule has 0 saturated carbocycles. The van der Waals surface area contributed by atoms with Crippen molar-refractivity contribution in [3.63, 3.8) is 0 Å². The lowest BCUT2D eigenvalue weighted by atomic mass is 10.1. The molecule has 20 heavy (non-hydrogen) atoms. The number of ether oxygens (including phenoxy) is 1. The molecule has 1 atom stereocenters. The topological polar surface area (TPSA) is 70.6 Å². The first-order chi connectivity index (χ1) is 9.60. The summed E-state index contributed by atoms with van der Waals surface area (Å²) in [5.41, 5.74) is 1.59. The van der Waals surface area contributed by atoms with Gasteiger partial charge in [0, 0.05) is 23.6 Å². The Kier molecular flexibility index (Phi) is 5.09. The smallest absolute Gasteiger partial charge is 0.319 e. The van der Waals surface area contributed by atoms with Gasteiger partial charge in [-0.15, -0.1) is 0 Å². The van der Waals surface area contributed by atoms with Crippen molar-refractivity contribution >= 4 is 23.3 Å². The second kappa shape index (κ2) is 6.81. The van der Waals surface area contributed by atoms with Gasteiger partial charge in [0.2, 0.25) is 0 Å². The number of carbonyl (C=O) groups excluding carboxylic acids is 1. The van der Waals surface area contributed by atoms with E-state index in [0.29, 0.717) is 42.5 Å². The molecule has 2 amide bonds. The zero-order valence-corrected chi connectivity index (χ0v) is 12.2. The molecule has 0 radical (unpaired) electrons. The van der Waals surface area contributed by atoms with Gasteiger partial charge in [-0.05, 0) is 25.0 Å². The molecule has 0 aromatic heterocycles. The number of rotatable bonds is 5. The lowest BCUT2D eigenvalue weighted by Crippen LogP contribution is -2.31. The Balaban J connectivity index is 1.92. The maximum absolute atomic E-state index is 11.8. The number of amides is 2. The molecular formula is C14H19ClN2O3. The highest BCUT2D eigenvalue weighted by molar-refractivity contribution is 6.31. The lowest BCUT2D eigenvalue weighted by molar-refractivity contribution is 0.160. The summed E-state index contributed by atoms with van der Waals surface area (Å²) < 4.78 is 5.50. The number of aliphatic hydroxyl groups is 1. The van der Waals surface area contributed by atoms with E-state index in [1.807, 2.05) is 13.0 Å². The molecule has 0 aliphatic carbocycles. The van der Waals surface area contributed by atoms with Crippen LogP contribution in [0.4, 0.5) is 10.5 Å². The quantitative estimate of drug-likeness (QED) is 0.782. The number of anilines is 1. The van der Waals surface area contributed by atoms with Crippen molar-refractivity contribution in [2.24, 2.45) is 0 Å². The van der Waals surface area contributed by atoms with E-state index in [0.717, 1.165) is 12.0 Å². The Labute approximate surface area is 123 Å². The molecule has 0 fully saturated rings. The first-order valence-electron chi connectivity index (χ1n) is 6.78. The molecule has 6 heteroatoms. The van der Waals surface area contributed by atoms with E-state index in [1.165, 1.54) is 0 Å². The Morgan fingerprint density at radius 2 is 2.35 bits per heavy atom. The molecule has 3 N–H and O–H groups in total. The average molecular weight is 299 g/mol. The van der Waals surface area contributed by atoms with Crippen LogP contribution in [0.1, 0.15) is 25.3 Å². The van der Waals surface area contributed by atoms with E-state index in [-0.39, 0.29) is 12.1 Å². The summed E-state index contributed by atoms with van der Waals surface area (Å²) in [7, 11) is 0. The summed E-state index contributed by atoms with van der Waals surface area (Å²) in [4.78, 5) is 11.8. The molecule has 110 valence electrons. The highest BCUT2D eigenvalue weighted by Crippen LogP contribution is 2.36. The molecule has 0 spiro atoms. The van der Waals surface area contributed by atoms with E-state index >= 15 is 0 Å².